The van der Waals surface area contributed by atoms with E-state index in [9.17, 15) is 27.9 Å². The number of aliphatic hydroxyl groups is 1. The third-order valence-electron chi connectivity index (χ3n) is 4.31. The smallest absolute Gasteiger partial charge is 0.426 e. The second kappa shape index (κ2) is 6.79. The van der Waals surface area contributed by atoms with Gasteiger partial charge in [-0.15, -0.1) is 0 Å². The van der Waals surface area contributed by atoms with E-state index in [1.165, 1.54) is 37.6 Å². The molecule has 1 aromatic heterocycles. The zero-order chi connectivity index (χ0) is 20.7. The van der Waals surface area contributed by atoms with Crippen molar-refractivity contribution in [3.8, 4) is 11.5 Å². The number of nitrogens with one attached hydrogen (secondary N) is 1. The van der Waals surface area contributed by atoms with Crippen molar-refractivity contribution in [1.82, 2.24) is 4.98 Å². The number of rotatable bonds is 3. The lowest BCUT2D eigenvalue weighted by atomic mass is 9.98. The largest absolute Gasteiger partial charge is 0.495 e. The number of benzene rings is 1. The van der Waals surface area contributed by atoms with Crippen molar-refractivity contribution in [3.63, 3.8) is 0 Å². The average molecular weight is 396 g/mol. The number of amides is 1. The maximum Gasteiger partial charge on any atom is 0.426 e. The number of hydrogen-bond donors (Lipinski definition) is 2. The molecule has 1 amide bonds. The van der Waals surface area contributed by atoms with Crippen LogP contribution in [0, 0.1) is 0 Å². The van der Waals surface area contributed by atoms with Crippen LogP contribution in [0.25, 0.3) is 0 Å². The minimum Gasteiger partial charge on any atom is -0.495 e. The standard InChI is InChI=1S/C18H15F3N2O5/c1-17(26,18(19,20)21)16(25)23-14-12(27-2)6-5-11-13(14)15(24)9-4-3-7-22-10(9)8-28-11/h3-7,26H,8H2,1-2H3,(H,23,25). The van der Waals surface area contributed by atoms with E-state index < -0.39 is 23.5 Å². The predicted molar refractivity (Wildman–Crippen MR) is 90.3 cm³/mol. The molecule has 0 saturated carbocycles. The van der Waals surface area contributed by atoms with Crippen molar-refractivity contribution in [2.75, 3.05) is 12.4 Å². The van der Waals surface area contributed by atoms with Crippen LogP contribution < -0.4 is 14.8 Å². The number of nitrogens with zero attached hydrogens (tertiary/aromatic N) is 1. The van der Waals surface area contributed by atoms with Crippen molar-refractivity contribution >= 4 is 17.4 Å². The number of carbonyl (C=O) groups excluding carboxylic acids is 2. The van der Waals surface area contributed by atoms with E-state index in [1.54, 1.807) is 0 Å². The first-order valence-electron chi connectivity index (χ1n) is 8.01. The van der Waals surface area contributed by atoms with Gasteiger partial charge in [0.05, 0.1) is 24.1 Å². The fourth-order valence-electron chi connectivity index (χ4n) is 2.61. The van der Waals surface area contributed by atoms with Gasteiger partial charge in [0.25, 0.3) is 5.91 Å². The number of methoxy groups -OCH3 is 1. The molecule has 1 unspecified atom stereocenters. The second-order valence-corrected chi connectivity index (χ2v) is 6.16. The molecule has 1 aliphatic rings. The molecule has 28 heavy (non-hydrogen) atoms. The van der Waals surface area contributed by atoms with Gasteiger partial charge in [0.1, 0.15) is 18.1 Å². The highest BCUT2D eigenvalue weighted by molar-refractivity contribution is 6.17. The topological polar surface area (TPSA) is 97.8 Å². The summed E-state index contributed by atoms with van der Waals surface area (Å²) in [5.74, 6) is -2.42. The number of pyridine rings is 1. The summed E-state index contributed by atoms with van der Waals surface area (Å²) in [5, 5.41) is 11.6. The maximum atomic E-state index is 13.0. The molecule has 3 rings (SSSR count). The van der Waals surface area contributed by atoms with Gasteiger partial charge >= 0.3 is 6.18 Å². The van der Waals surface area contributed by atoms with Crippen LogP contribution in [0.2, 0.25) is 0 Å². The van der Waals surface area contributed by atoms with E-state index in [0.717, 1.165) is 0 Å². The normalized spacial score (nSPS) is 15.4. The van der Waals surface area contributed by atoms with E-state index in [4.69, 9.17) is 9.47 Å². The van der Waals surface area contributed by atoms with Crippen molar-refractivity contribution in [2.24, 2.45) is 0 Å². The van der Waals surface area contributed by atoms with Crippen LogP contribution in [0.1, 0.15) is 28.5 Å². The second-order valence-electron chi connectivity index (χ2n) is 6.16. The van der Waals surface area contributed by atoms with Crippen molar-refractivity contribution < 1.29 is 37.3 Å². The molecular formula is C18H15F3N2O5. The SMILES string of the molecule is COc1ccc2c(c1NC(=O)C(C)(O)C(F)(F)F)C(=O)c1cccnc1CO2. The first-order chi connectivity index (χ1) is 13.1. The van der Waals surface area contributed by atoms with Crippen LogP contribution in [0.4, 0.5) is 18.9 Å². The number of alkyl halides is 3. The molecule has 1 aromatic carbocycles. The van der Waals surface area contributed by atoms with E-state index in [1.807, 2.05) is 5.32 Å². The molecule has 0 bridgehead atoms. The van der Waals surface area contributed by atoms with Gasteiger partial charge in [0.15, 0.2) is 0 Å². The number of carbonyl (C=O) groups is 2. The van der Waals surface area contributed by atoms with Gasteiger partial charge in [0, 0.05) is 11.8 Å². The Morgan fingerprint density at radius 3 is 2.68 bits per heavy atom. The molecule has 7 nitrogen and oxygen atoms in total. The molecule has 0 radical (unpaired) electrons. The molecule has 0 aliphatic carbocycles. The summed E-state index contributed by atoms with van der Waals surface area (Å²) in [5.41, 5.74) is -3.71. The molecule has 2 aromatic rings. The van der Waals surface area contributed by atoms with Gasteiger partial charge in [-0.05, 0) is 31.2 Å². The number of hydrogen-bond acceptors (Lipinski definition) is 6. The molecule has 148 valence electrons. The molecule has 0 saturated heterocycles. The van der Waals surface area contributed by atoms with E-state index >= 15 is 0 Å². The van der Waals surface area contributed by atoms with Gasteiger partial charge in [-0.1, -0.05) is 0 Å². The average Bonchev–Trinajstić information content (AvgIpc) is 2.78. The summed E-state index contributed by atoms with van der Waals surface area (Å²) in [6, 6.07) is 5.73. The minimum atomic E-state index is -5.23. The summed E-state index contributed by atoms with van der Waals surface area (Å²) in [6.07, 6.45) is -3.76. The highest BCUT2D eigenvalue weighted by atomic mass is 19.4. The van der Waals surface area contributed by atoms with Crippen LogP contribution >= 0.6 is 0 Å². The maximum absolute atomic E-state index is 13.0. The predicted octanol–water partition coefficient (Wildman–Crippen LogP) is 2.47. The van der Waals surface area contributed by atoms with Crippen LogP contribution in [0.15, 0.2) is 30.5 Å². The Kier molecular flexibility index (Phi) is 4.76. The zero-order valence-corrected chi connectivity index (χ0v) is 14.8. The van der Waals surface area contributed by atoms with Gasteiger partial charge < -0.3 is 19.9 Å². The summed E-state index contributed by atoms with van der Waals surface area (Å²) >= 11 is 0. The van der Waals surface area contributed by atoms with E-state index in [-0.39, 0.29) is 34.9 Å². The number of ether oxygens (including phenoxy) is 2. The summed E-state index contributed by atoms with van der Waals surface area (Å²) in [7, 11) is 1.22. The van der Waals surface area contributed by atoms with Crippen molar-refractivity contribution in [3.05, 3.63) is 47.3 Å². The van der Waals surface area contributed by atoms with Gasteiger partial charge in [-0.25, -0.2) is 0 Å². The van der Waals surface area contributed by atoms with Crippen LogP contribution in [-0.2, 0) is 11.4 Å². The first kappa shape index (κ1) is 19.6. The van der Waals surface area contributed by atoms with Gasteiger partial charge in [-0.2, -0.15) is 13.2 Å². The monoisotopic (exact) mass is 396 g/mol. The number of aromatic nitrogens is 1. The lowest BCUT2D eigenvalue weighted by molar-refractivity contribution is -0.242. The fraction of sp³-hybridized carbons (Fsp3) is 0.278. The molecule has 0 spiro atoms. The summed E-state index contributed by atoms with van der Waals surface area (Å²) in [6.45, 7) is 0.267. The van der Waals surface area contributed by atoms with Crippen molar-refractivity contribution in [2.45, 2.75) is 25.3 Å². The Labute approximate surface area is 157 Å². The number of halogens is 3. The molecule has 2 N–H and O–H groups in total. The number of anilines is 1. The molecule has 1 atom stereocenters. The Hall–Kier alpha value is -3.14. The summed E-state index contributed by atoms with van der Waals surface area (Å²) in [4.78, 5) is 29.3. The number of ketones is 1. The Balaban J connectivity index is 2.14. The third-order valence-corrected chi connectivity index (χ3v) is 4.31. The van der Waals surface area contributed by atoms with E-state index in [0.29, 0.717) is 12.6 Å². The highest BCUT2D eigenvalue weighted by Gasteiger charge is 2.56. The quantitative estimate of drug-likeness (QED) is 0.827. The third kappa shape index (κ3) is 3.15. The first-order valence-corrected chi connectivity index (χ1v) is 8.01. The molecule has 2 heterocycles. The Morgan fingerprint density at radius 1 is 1.32 bits per heavy atom. The Morgan fingerprint density at radius 2 is 2.04 bits per heavy atom. The highest BCUT2D eigenvalue weighted by Crippen LogP contribution is 2.40. The summed E-state index contributed by atoms with van der Waals surface area (Å²) < 4.78 is 49.6. The van der Waals surface area contributed by atoms with Crippen molar-refractivity contribution in [1.29, 1.82) is 0 Å². The minimum absolute atomic E-state index is 0.0331. The molecule has 1 aliphatic heterocycles. The lowest BCUT2D eigenvalue weighted by Gasteiger charge is -2.26. The molecule has 10 heteroatoms. The zero-order valence-electron chi connectivity index (χ0n) is 14.8. The fourth-order valence-corrected chi connectivity index (χ4v) is 2.61. The van der Waals surface area contributed by atoms with Gasteiger partial charge in [0.2, 0.25) is 11.4 Å². The van der Waals surface area contributed by atoms with Crippen LogP contribution in [0.3, 0.4) is 0 Å². The van der Waals surface area contributed by atoms with E-state index in [2.05, 4.69) is 4.98 Å². The van der Waals surface area contributed by atoms with Crippen LogP contribution in [0.5, 0.6) is 11.5 Å². The van der Waals surface area contributed by atoms with Crippen LogP contribution in [-0.4, -0.2) is 40.7 Å². The molecular weight excluding hydrogens is 381 g/mol. The lowest BCUT2D eigenvalue weighted by Crippen LogP contribution is -2.52. The van der Waals surface area contributed by atoms with Gasteiger partial charge in [-0.3, -0.25) is 14.6 Å². The molecule has 0 fully saturated rings. The Bertz CT molecular complexity index is 957. The number of fused-ring (bicyclic) bond motifs is 2.